The van der Waals surface area contributed by atoms with Crippen molar-refractivity contribution in [1.29, 1.82) is 0 Å². The molecule has 1 aromatic carbocycles. The molecule has 0 saturated heterocycles. The standard InChI is InChI=1S/C16H21FN2O5/c1-10(16(23)24)19(7-6-18-11(2)20)15(22)9-14(21)12-4-3-5-13(17)8-12/h3-5,8,10,14,21H,6-7,9H2,1-2H3,(H,18,20)(H,23,24). The minimum absolute atomic E-state index is 0.0122. The summed E-state index contributed by atoms with van der Waals surface area (Å²) in [6.45, 7) is 2.72. The Labute approximate surface area is 139 Å². The van der Waals surface area contributed by atoms with Gasteiger partial charge in [0.1, 0.15) is 11.9 Å². The van der Waals surface area contributed by atoms with Gasteiger partial charge < -0.3 is 20.4 Å². The van der Waals surface area contributed by atoms with E-state index in [1.54, 1.807) is 0 Å². The van der Waals surface area contributed by atoms with Gasteiger partial charge in [-0.3, -0.25) is 9.59 Å². The van der Waals surface area contributed by atoms with Crippen molar-refractivity contribution in [2.24, 2.45) is 0 Å². The second kappa shape index (κ2) is 8.97. The number of amides is 2. The van der Waals surface area contributed by atoms with Gasteiger partial charge in [0, 0.05) is 20.0 Å². The number of benzene rings is 1. The summed E-state index contributed by atoms with van der Waals surface area (Å²) < 4.78 is 13.2. The number of carbonyl (C=O) groups is 3. The van der Waals surface area contributed by atoms with Gasteiger partial charge in [0.2, 0.25) is 11.8 Å². The van der Waals surface area contributed by atoms with Crippen LogP contribution < -0.4 is 5.32 Å². The molecule has 0 bridgehead atoms. The number of carboxylic acid groups (broad SMARTS) is 1. The van der Waals surface area contributed by atoms with Crippen LogP contribution in [0.1, 0.15) is 31.9 Å². The lowest BCUT2D eigenvalue weighted by atomic mass is 10.1. The van der Waals surface area contributed by atoms with Gasteiger partial charge in [0.05, 0.1) is 12.5 Å². The van der Waals surface area contributed by atoms with Gasteiger partial charge in [0.25, 0.3) is 0 Å². The SMILES string of the molecule is CC(=O)NCCN(C(=O)CC(O)c1cccc(F)c1)C(C)C(=O)O. The number of hydrogen-bond donors (Lipinski definition) is 3. The first-order chi connectivity index (χ1) is 11.2. The summed E-state index contributed by atoms with van der Waals surface area (Å²) in [6, 6.07) is 4.09. The topological polar surface area (TPSA) is 107 Å². The first kappa shape index (κ1) is 19.6. The number of aliphatic hydroxyl groups is 1. The van der Waals surface area contributed by atoms with Crippen LogP contribution in [0.4, 0.5) is 4.39 Å². The quantitative estimate of drug-likeness (QED) is 0.645. The summed E-state index contributed by atoms with van der Waals surface area (Å²) >= 11 is 0. The van der Waals surface area contributed by atoms with Crippen molar-refractivity contribution in [2.45, 2.75) is 32.4 Å². The number of rotatable bonds is 8. The van der Waals surface area contributed by atoms with Gasteiger partial charge in [0.15, 0.2) is 0 Å². The molecule has 0 fully saturated rings. The van der Waals surface area contributed by atoms with E-state index in [9.17, 15) is 23.9 Å². The molecule has 1 aromatic rings. The van der Waals surface area contributed by atoms with Crippen LogP contribution in [0.3, 0.4) is 0 Å². The Bertz CT molecular complexity index is 608. The number of aliphatic hydroxyl groups excluding tert-OH is 1. The minimum atomic E-state index is -1.25. The van der Waals surface area contributed by atoms with Crippen molar-refractivity contribution in [3.63, 3.8) is 0 Å². The molecule has 132 valence electrons. The van der Waals surface area contributed by atoms with Crippen LogP contribution in [0.2, 0.25) is 0 Å². The van der Waals surface area contributed by atoms with Gasteiger partial charge in [-0.1, -0.05) is 12.1 Å². The average Bonchev–Trinajstić information content (AvgIpc) is 2.50. The van der Waals surface area contributed by atoms with Gasteiger partial charge >= 0.3 is 5.97 Å². The van der Waals surface area contributed by atoms with Crippen LogP contribution in [0.25, 0.3) is 0 Å². The van der Waals surface area contributed by atoms with Gasteiger partial charge in [-0.2, -0.15) is 0 Å². The molecule has 1 rings (SSSR count). The van der Waals surface area contributed by atoms with E-state index in [0.717, 1.165) is 11.0 Å². The molecule has 0 heterocycles. The second-order valence-corrected chi connectivity index (χ2v) is 5.36. The Hall–Kier alpha value is -2.48. The Kier molecular flexibility index (Phi) is 7.31. The summed E-state index contributed by atoms with van der Waals surface area (Å²) in [5.74, 6) is -2.65. The summed E-state index contributed by atoms with van der Waals surface area (Å²) in [6.07, 6.45) is -1.64. The van der Waals surface area contributed by atoms with E-state index in [-0.39, 0.29) is 31.0 Å². The highest BCUT2D eigenvalue weighted by Crippen LogP contribution is 2.19. The zero-order valence-corrected chi connectivity index (χ0v) is 13.5. The number of aliphatic carboxylic acids is 1. The summed E-state index contributed by atoms with van der Waals surface area (Å²) in [5, 5.41) is 21.7. The third kappa shape index (κ3) is 5.96. The van der Waals surface area contributed by atoms with Crippen LogP contribution in [0.5, 0.6) is 0 Å². The highest BCUT2D eigenvalue weighted by molar-refractivity contribution is 5.83. The van der Waals surface area contributed by atoms with Crippen molar-refractivity contribution in [3.8, 4) is 0 Å². The van der Waals surface area contributed by atoms with Crippen LogP contribution in [-0.2, 0) is 14.4 Å². The number of carboxylic acids is 1. The molecule has 7 nitrogen and oxygen atoms in total. The fraction of sp³-hybridized carbons (Fsp3) is 0.438. The summed E-state index contributed by atoms with van der Waals surface area (Å²) in [7, 11) is 0. The molecule has 0 aliphatic heterocycles. The average molecular weight is 340 g/mol. The maximum atomic E-state index is 13.2. The minimum Gasteiger partial charge on any atom is -0.480 e. The van der Waals surface area contributed by atoms with Crippen molar-refractivity contribution in [2.75, 3.05) is 13.1 Å². The predicted molar refractivity (Wildman–Crippen MR) is 83.5 cm³/mol. The molecule has 8 heteroatoms. The monoisotopic (exact) mass is 340 g/mol. The molecule has 3 N–H and O–H groups in total. The number of halogens is 1. The number of nitrogens with zero attached hydrogens (tertiary/aromatic N) is 1. The molecule has 24 heavy (non-hydrogen) atoms. The van der Waals surface area contributed by atoms with E-state index in [1.165, 1.54) is 32.0 Å². The lowest BCUT2D eigenvalue weighted by molar-refractivity contribution is -0.150. The molecule has 2 atom stereocenters. The maximum absolute atomic E-state index is 13.2. The zero-order chi connectivity index (χ0) is 18.3. The smallest absolute Gasteiger partial charge is 0.326 e. The molecular weight excluding hydrogens is 319 g/mol. The molecule has 0 spiro atoms. The number of hydrogen-bond acceptors (Lipinski definition) is 4. The fourth-order valence-corrected chi connectivity index (χ4v) is 2.13. The number of nitrogens with one attached hydrogen (secondary N) is 1. The van der Waals surface area contributed by atoms with Crippen LogP contribution in [-0.4, -0.2) is 52.0 Å². The summed E-state index contributed by atoms with van der Waals surface area (Å²) in [5.41, 5.74) is 0.230. The first-order valence-corrected chi connectivity index (χ1v) is 7.42. The third-order valence-corrected chi connectivity index (χ3v) is 3.47. The molecular formula is C16H21FN2O5. The molecule has 0 aromatic heterocycles. The van der Waals surface area contributed by atoms with E-state index < -0.39 is 29.8 Å². The Morgan fingerprint density at radius 3 is 2.54 bits per heavy atom. The van der Waals surface area contributed by atoms with Gasteiger partial charge in [-0.15, -0.1) is 0 Å². The fourth-order valence-electron chi connectivity index (χ4n) is 2.13. The zero-order valence-electron chi connectivity index (χ0n) is 13.5. The van der Waals surface area contributed by atoms with E-state index in [4.69, 9.17) is 5.11 Å². The van der Waals surface area contributed by atoms with E-state index in [2.05, 4.69) is 5.32 Å². The molecule has 0 saturated carbocycles. The Morgan fingerprint density at radius 2 is 2.00 bits per heavy atom. The van der Waals surface area contributed by atoms with Crippen LogP contribution >= 0.6 is 0 Å². The molecule has 2 unspecified atom stereocenters. The Morgan fingerprint density at radius 1 is 1.33 bits per heavy atom. The van der Waals surface area contributed by atoms with Crippen molar-refractivity contribution in [3.05, 3.63) is 35.6 Å². The third-order valence-electron chi connectivity index (χ3n) is 3.47. The maximum Gasteiger partial charge on any atom is 0.326 e. The van der Waals surface area contributed by atoms with Crippen molar-refractivity contribution in [1.82, 2.24) is 10.2 Å². The normalized spacial score (nSPS) is 13.0. The first-order valence-electron chi connectivity index (χ1n) is 7.42. The molecule has 0 radical (unpaired) electrons. The van der Waals surface area contributed by atoms with Crippen LogP contribution in [0, 0.1) is 5.82 Å². The largest absolute Gasteiger partial charge is 0.480 e. The molecule has 2 amide bonds. The highest BCUT2D eigenvalue weighted by atomic mass is 19.1. The highest BCUT2D eigenvalue weighted by Gasteiger charge is 2.27. The predicted octanol–water partition coefficient (Wildman–Crippen LogP) is 0.687. The van der Waals surface area contributed by atoms with E-state index in [0.29, 0.717) is 0 Å². The van der Waals surface area contributed by atoms with Gasteiger partial charge in [-0.05, 0) is 24.6 Å². The second-order valence-electron chi connectivity index (χ2n) is 5.36. The summed E-state index contributed by atoms with van der Waals surface area (Å²) in [4.78, 5) is 35.4. The van der Waals surface area contributed by atoms with Crippen molar-refractivity contribution >= 4 is 17.8 Å². The molecule has 0 aliphatic rings. The van der Waals surface area contributed by atoms with E-state index >= 15 is 0 Å². The number of carbonyl (C=O) groups excluding carboxylic acids is 2. The van der Waals surface area contributed by atoms with E-state index in [1.807, 2.05) is 0 Å². The lowest BCUT2D eigenvalue weighted by Crippen LogP contribution is -2.47. The van der Waals surface area contributed by atoms with Gasteiger partial charge in [-0.25, -0.2) is 9.18 Å². The Balaban J connectivity index is 2.78. The van der Waals surface area contributed by atoms with Crippen molar-refractivity contribution < 1.29 is 29.0 Å². The lowest BCUT2D eigenvalue weighted by Gasteiger charge is -2.27. The van der Waals surface area contributed by atoms with Crippen LogP contribution in [0.15, 0.2) is 24.3 Å². The molecule has 0 aliphatic carbocycles.